The molecule has 2 aromatic carbocycles. The van der Waals surface area contributed by atoms with Gasteiger partial charge in [0.15, 0.2) is 6.61 Å². The van der Waals surface area contributed by atoms with Crippen molar-refractivity contribution in [1.82, 2.24) is 0 Å². The zero-order chi connectivity index (χ0) is 20.3. The first-order valence-electron chi connectivity index (χ1n) is 9.59. The third-order valence-corrected chi connectivity index (χ3v) is 5.59. The van der Waals surface area contributed by atoms with Gasteiger partial charge in [-0.1, -0.05) is 12.1 Å². The van der Waals surface area contributed by atoms with Gasteiger partial charge in [0.25, 0.3) is 0 Å². The average Bonchev–Trinajstić information content (AvgIpc) is 2.73. The number of ether oxygens (including phenoxy) is 2. The lowest BCUT2D eigenvalue weighted by Crippen LogP contribution is -2.37. The van der Waals surface area contributed by atoms with E-state index in [1.165, 1.54) is 5.56 Å². The topological polar surface area (TPSA) is 55.8 Å². The minimum atomic E-state index is -0.478. The van der Waals surface area contributed by atoms with Crippen molar-refractivity contribution < 1.29 is 19.1 Å². The quantitative estimate of drug-likeness (QED) is 0.582. The molecule has 0 unspecified atom stereocenters. The second-order valence-corrected chi connectivity index (χ2v) is 7.23. The fourth-order valence-electron chi connectivity index (χ4n) is 3.51. The van der Waals surface area contributed by atoms with Crippen molar-refractivity contribution >= 4 is 17.4 Å². The van der Waals surface area contributed by atoms with Crippen LogP contribution in [0.2, 0.25) is 0 Å². The standard InChI is InChI=1S/C23H27NO4/c1-15-13-20(18(4)17(3)16(15)2)22(25)14-28-23(26)19-7-5-6-8-21(19)24-9-11-27-12-10-24/h5-8,13H,9-12,14H2,1-4H3. The zero-order valence-corrected chi connectivity index (χ0v) is 17.0. The molecule has 0 N–H and O–H groups in total. The second-order valence-electron chi connectivity index (χ2n) is 7.23. The summed E-state index contributed by atoms with van der Waals surface area (Å²) in [5.74, 6) is -0.658. The van der Waals surface area contributed by atoms with Gasteiger partial charge in [0.1, 0.15) is 0 Å². The van der Waals surface area contributed by atoms with Crippen LogP contribution in [-0.4, -0.2) is 44.7 Å². The number of morpholine rings is 1. The highest BCUT2D eigenvalue weighted by molar-refractivity contribution is 6.02. The Labute approximate surface area is 166 Å². The Bertz CT molecular complexity index is 898. The van der Waals surface area contributed by atoms with E-state index in [-0.39, 0.29) is 12.4 Å². The molecule has 1 aliphatic rings. The number of hydrogen-bond acceptors (Lipinski definition) is 5. The molecular weight excluding hydrogens is 354 g/mol. The van der Waals surface area contributed by atoms with E-state index in [2.05, 4.69) is 11.8 Å². The predicted octanol–water partition coefficient (Wildman–Crippen LogP) is 3.80. The van der Waals surface area contributed by atoms with Crippen LogP contribution < -0.4 is 4.90 Å². The second kappa shape index (κ2) is 8.57. The Morgan fingerprint density at radius 3 is 2.36 bits per heavy atom. The molecule has 0 spiro atoms. The number of hydrogen-bond donors (Lipinski definition) is 0. The Morgan fingerprint density at radius 2 is 1.64 bits per heavy atom. The van der Waals surface area contributed by atoms with Gasteiger partial charge in [0.2, 0.25) is 5.78 Å². The lowest BCUT2D eigenvalue weighted by molar-refractivity contribution is 0.0474. The first kappa shape index (κ1) is 20.1. The number of nitrogens with zero attached hydrogens (tertiary/aromatic N) is 1. The minimum Gasteiger partial charge on any atom is -0.454 e. The number of anilines is 1. The van der Waals surface area contributed by atoms with E-state index < -0.39 is 5.97 Å². The largest absolute Gasteiger partial charge is 0.454 e. The van der Waals surface area contributed by atoms with Crippen LogP contribution in [0.15, 0.2) is 30.3 Å². The molecular formula is C23H27NO4. The smallest absolute Gasteiger partial charge is 0.340 e. The van der Waals surface area contributed by atoms with Crippen molar-refractivity contribution in [2.45, 2.75) is 27.7 Å². The molecule has 28 heavy (non-hydrogen) atoms. The summed E-state index contributed by atoms with van der Waals surface area (Å²) in [4.78, 5) is 27.5. The molecule has 1 heterocycles. The Morgan fingerprint density at radius 1 is 0.964 bits per heavy atom. The van der Waals surface area contributed by atoms with Gasteiger partial charge >= 0.3 is 5.97 Å². The number of aryl methyl sites for hydroxylation is 1. The maximum Gasteiger partial charge on any atom is 0.340 e. The van der Waals surface area contributed by atoms with Crippen molar-refractivity contribution in [3.63, 3.8) is 0 Å². The van der Waals surface area contributed by atoms with Crippen molar-refractivity contribution in [3.8, 4) is 0 Å². The SMILES string of the molecule is Cc1cc(C(=O)COC(=O)c2ccccc2N2CCOCC2)c(C)c(C)c1C. The van der Waals surface area contributed by atoms with Gasteiger partial charge in [-0.15, -0.1) is 0 Å². The van der Waals surface area contributed by atoms with Gasteiger partial charge < -0.3 is 14.4 Å². The molecule has 0 bridgehead atoms. The number of Topliss-reactive ketones (excluding diaryl/α,β-unsaturated/α-hetero) is 1. The zero-order valence-electron chi connectivity index (χ0n) is 17.0. The summed E-state index contributed by atoms with van der Waals surface area (Å²) >= 11 is 0. The number of benzene rings is 2. The third-order valence-electron chi connectivity index (χ3n) is 5.59. The molecule has 0 saturated carbocycles. The van der Waals surface area contributed by atoms with Gasteiger partial charge in [-0.25, -0.2) is 4.79 Å². The summed E-state index contributed by atoms with van der Waals surface area (Å²) < 4.78 is 10.8. The summed E-state index contributed by atoms with van der Waals surface area (Å²) in [5.41, 5.74) is 6.22. The molecule has 0 aliphatic carbocycles. The fraction of sp³-hybridized carbons (Fsp3) is 0.391. The highest BCUT2D eigenvalue weighted by Gasteiger charge is 2.21. The first-order chi connectivity index (χ1) is 13.4. The van der Waals surface area contributed by atoms with Crippen molar-refractivity contribution in [1.29, 1.82) is 0 Å². The summed E-state index contributed by atoms with van der Waals surface area (Å²) in [6, 6.07) is 9.23. The number of carbonyl (C=O) groups is 2. The van der Waals surface area contributed by atoms with Crippen molar-refractivity contribution in [2.24, 2.45) is 0 Å². The molecule has 1 aliphatic heterocycles. The summed E-state index contributed by atoms with van der Waals surface area (Å²) in [7, 11) is 0. The Hall–Kier alpha value is -2.66. The van der Waals surface area contributed by atoms with Crippen LogP contribution >= 0.6 is 0 Å². The molecule has 0 atom stereocenters. The van der Waals surface area contributed by atoms with E-state index in [9.17, 15) is 9.59 Å². The highest BCUT2D eigenvalue weighted by atomic mass is 16.5. The van der Waals surface area contributed by atoms with Crippen LogP contribution in [0.1, 0.15) is 43.0 Å². The predicted molar refractivity (Wildman–Crippen MR) is 109 cm³/mol. The van der Waals surface area contributed by atoms with Crippen molar-refractivity contribution in [2.75, 3.05) is 37.8 Å². The van der Waals surface area contributed by atoms with Gasteiger partial charge in [-0.2, -0.15) is 0 Å². The Balaban J connectivity index is 1.74. The van der Waals surface area contributed by atoms with E-state index in [1.807, 2.05) is 39.0 Å². The van der Waals surface area contributed by atoms with Gasteiger partial charge in [-0.05, 0) is 68.1 Å². The van der Waals surface area contributed by atoms with Crippen LogP contribution in [0, 0.1) is 27.7 Å². The van der Waals surface area contributed by atoms with E-state index >= 15 is 0 Å². The maximum atomic E-state index is 12.7. The van der Waals surface area contributed by atoms with E-state index in [4.69, 9.17) is 9.47 Å². The molecule has 148 valence electrons. The lowest BCUT2D eigenvalue weighted by atomic mass is 9.93. The van der Waals surface area contributed by atoms with Crippen LogP contribution in [0.4, 0.5) is 5.69 Å². The third kappa shape index (κ3) is 4.09. The molecule has 5 nitrogen and oxygen atoms in total. The van der Waals surface area contributed by atoms with E-state index in [0.717, 1.165) is 35.5 Å². The minimum absolute atomic E-state index is 0.180. The molecule has 0 amide bonds. The average molecular weight is 381 g/mol. The number of esters is 1. The lowest BCUT2D eigenvalue weighted by Gasteiger charge is -2.30. The van der Waals surface area contributed by atoms with Gasteiger partial charge in [0.05, 0.1) is 24.5 Å². The number of ketones is 1. The van der Waals surface area contributed by atoms with Gasteiger partial charge in [0, 0.05) is 18.7 Å². The van der Waals surface area contributed by atoms with Crippen LogP contribution in [0.25, 0.3) is 0 Å². The first-order valence-corrected chi connectivity index (χ1v) is 9.59. The monoisotopic (exact) mass is 381 g/mol. The van der Waals surface area contributed by atoms with E-state index in [0.29, 0.717) is 24.3 Å². The molecule has 3 rings (SSSR count). The Kier molecular flexibility index (Phi) is 6.15. The van der Waals surface area contributed by atoms with E-state index in [1.54, 1.807) is 12.1 Å². The van der Waals surface area contributed by atoms with Crippen LogP contribution in [-0.2, 0) is 9.47 Å². The summed E-state index contributed by atoms with van der Waals surface area (Å²) in [6.07, 6.45) is 0. The van der Waals surface area contributed by atoms with Crippen molar-refractivity contribution in [3.05, 3.63) is 63.7 Å². The molecule has 5 heteroatoms. The highest BCUT2D eigenvalue weighted by Crippen LogP contribution is 2.24. The molecule has 0 aromatic heterocycles. The molecule has 1 saturated heterocycles. The molecule has 0 radical (unpaired) electrons. The summed E-state index contributed by atoms with van der Waals surface area (Å²) in [6.45, 7) is 10.4. The number of rotatable bonds is 5. The number of para-hydroxylation sites is 1. The van der Waals surface area contributed by atoms with Crippen LogP contribution in [0.5, 0.6) is 0 Å². The van der Waals surface area contributed by atoms with Gasteiger partial charge in [-0.3, -0.25) is 4.79 Å². The molecule has 1 fully saturated rings. The number of carbonyl (C=O) groups excluding carboxylic acids is 2. The normalized spacial score (nSPS) is 14.1. The summed E-state index contributed by atoms with van der Waals surface area (Å²) in [5, 5.41) is 0. The fourth-order valence-corrected chi connectivity index (χ4v) is 3.51. The maximum absolute atomic E-state index is 12.7. The van der Waals surface area contributed by atoms with Crippen LogP contribution in [0.3, 0.4) is 0 Å². The molecule has 2 aromatic rings.